The van der Waals surface area contributed by atoms with Gasteiger partial charge in [0.25, 0.3) is 0 Å². The van der Waals surface area contributed by atoms with Crippen LogP contribution in [0.25, 0.3) is 0 Å². The Morgan fingerprint density at radius 2 is 1.80 bits per heavy atom. The van der Waals surface area contributed by atoms with Gasteiger partial charge in [0, 0.05) is 32.2 Å². The van der Waals surface area contributed by atoms with Crippen LogP contribution in [0.4, 0.5) is 0 Å². The number of carboxylic acids is 1. The van der Waals surface area contributed by atoms with E-state index >= 15 is 0 Å². The molecular formula is C16H32N2O2. The van der Waals surface area contributed by atoms with Gasteiger partial charge in [0.2, 0.25) is 0 Å². The molecule has 118 valence electrons. The van der Waals surface area contributed by atoms with Crippen LogP contribution in [-0.4, -0.2) is 59.6 Å². The molecule has 4 nitrogen and oxygen atoms in total. The highest BCUT2D eigenvalue weighted by Crippen LogP contribution is 2.23. The molecule has 20 heavy (non-hydrogen) atoms. The Labute approximate surface area is 124 Å². The number of carboxylic acid groups (broad SMARTS) is 1. The molecule has 1 unspecified atom stereocenters. The summed E-state index contributed by atoms with van der Waals surface area (Å²) >= 11 is 0. The molecule has 0 aromatic rings. The Bertz CT molecular complexity index is 297. The molecule has 1 rings (SSSR count). The van der Waals surface area contributed by atoms with E-state index in [4.69, 9.17) is 5.11 Å². The second kappa shape index (κ2) is 7.99. The smallest absolute Gasteiger partial charge is 0.309 e. The Hall–Kier alpha value is -0.610. The molecule has 1 aliphatic rings. The fourth-order valence-electron chi connectivity index (χ4n) is 2.70. The summed E-state index contributed by atoms with van der Waals surface area (Å²) < 4.78 is 0. The first-order chi connectivity index (χ1) is 9.36. The standard InChI is InChI=1S/C16H32N2O2/c1-5-14(2)18-12-10-17(11-13-18)9-7-6-8-16(3,4)15(19)20/h14H,5-13H2,1-4H3,(H,19,20). The van der Waals surface area contributed by atoms with E-state index in [0.717, 1.165) is 38.9 Å². The Morgan fingerprint density at radius 1 is 1.20 bits per heavy atom. The molecule has 0 radical (unpaired) electrons. The second-order valence-electron chi connectivity index (χ2n) is 6.78. The van der Waals surface area contributed by atoms with Gasteiger partial charge in [0.05, 0.1) is 5.41 Å². The molecule has 0 aliphatic carbocycles. The van der Waals surface area contributed by atoms with Crippen molar-refractivity contribution in [2.24, 2.45) is 5.41 Å². The van der Waals surface area contributed by atoms with Crippen LogP contribution >= 0.6 is 0 Å². The van der Waals surface area contributed by atoms with Gasteiger partial charge in [-0.3, -0.25) is 9.69 Å². The topological polar surface area (TPSA) is 43.8 Å². The van der Waals surface area contributed by atoms with E-state index < -0.39 is 11.4 Å². The SMILES string of the molecule is CCC(C)N1CCN(CCCCC(C)(C)C(=O)O)CC1. The molecule has 1 fully saturated rings. The van der Waals surface area contributed by atoms with Crippen molar-refractivity contribution < 1.29 is 9.90 Å². The lowest BCUT2D eigenvalue weighted by atomic mass is 9.87. The van der Waals surface area contributed by atoms with Crippen LogP contribution in [0.1, 0.15) is 53.4 Å². The quantitative estimate of drug-likeness (QED) is 0.696. The zero-order valence-electron chi connectivity index (χ0n) is 13.7. The van der Waals surface area contributed by atoms with Crippen LogP contribution in [0.15, 0.2) is 0 Å². The minimum Gasteiger partial charge on any atom is -0.481 e. The van der Waals surface area contributed by atoms with Gasteiger partial charge in [-0.05, 0) is 46.6 Å². The Balaban J connectivity index is 2.15. The number of rotatable bonds is 8. The van der Waals surface area contributed by atoms with Crippen LogP contribution in [0.2, 0.25) is 0 Å². The van der Waals surface area contributed by atoms with Gasteiger partial charge in [0.15, 0.2) is 0 Å². The van der Waals surface area contributed by atoms with Gasteiger partial charge >= 0.3 is 5.97 Å². The van der Waals surface area contributed by atoms with Crippen molar-refractivity contribution in [2.75, 3.05) is 32.7 Å². The van der Waals surface area contributed by atoms with E-state index in [2.05, 4.69) is 23.6 Å². The van der Waals surface area contributed by atoms with E-state index in [9.17, 15) is 4.79 Å². The third kappa shape index (κ3) is 5.41. The van der Waals surface area contributed by atoms with Crippen molar-refractivity contribution in [3.8, 4) is 0 Å². The molecule has 1 heterocycles. The normalized spacial score (nSPS) is 20.0. The van der Waals surface area contributed by atoms with Crippen LogP contribution in [0.3, 0.4) is 0 Å². The predicted molar refractivity (Wildman–Crippen MR) is 83.0 cm³/mol. The number of aliphatic carboxylic acids is 1. The van der Waals surface area contributed by atoms with Crippen molar-refractivity contribution in [3.05, 3.63) is 0 Å². The molecule has 1 aliphatic heterocycles. The average molecular weight is 284 g/mol. The molecule has 0 bridgehead atoms. The highest BCUT2D eigenvalue weighted by atomic mass is 16.4. The maximum absolute atomic E-state index is 11.0. The summed E-state index contributed by atoms with van der Waals surface area (Å²) in [5, 5.41) is 9.08. The van der Waals surface area contributed by atoms with Gasteiger partial charge in [-0.2, -0.15) is 0 Å². The largest absolute Gasteiger partial charge is 0.481 e. The number of carbonyl (C=O) groups is 1. The van der Waals surface area contributed by atoms with Crippen molar-refractivity contribution in [1.82, 2.24) is 9.80 Å². The molecule has 0 aromatic carbocycles. The van der Waals surface area contributed by atoms with Crippen LogP contribution < -0.4 is 0 Å². The Kier molecular flexibility index (Phi) is 6.96. The van der Waals surface area contributed by atoms with Gasteiger partial charge < -0.3 is 10.0 Å². The van der Waals surface area contributed by atoms with Gasteiger partial charge in [-0.15, -0.1) is 0 Å². The molecule has 1 N–H and O–H groups in total. The number of hydrogen-bond acceptors (Lipinski definition) is 3. The third-order valence-corrected chi connectivity index (χ3v) is 4.73. The summed E-state index contributed by atoms with van der Waals surface area (Å²) in [5.74, 6) is -0.681. The van der Waals surface area contributed by atoms with E-state index in [0.29, 0.717) is 6.04 Å². The van der Waals surface area contributed by atoms with Crippen molar-refractivity contribution in [2.45, 2.75) is 59.4 Å². The lowest BCUT2D eigenvalue weighted by molar-refractivity contribution is -0.147. The summed E-state index contributed by atoms with van der Waals surface area (Å²) in [6.07, 6.45) is 4.12. The molecule has 0 saturated carbocycles. The maximum atomic E-state index is 11.0. The molecule has 0 aromatic heterocycles. The average Bonchev–Trinajstić information content (AvgIpc) is 2.43. The van der Waals surface area contributed by atoms with E-state index in [1.807, 2.05) is 13.8 Å². The van der Waals surface area contributed by atoms with Gasteiger partial charge in [-0.1, -0.05) is 13.3 Å². The van der Waals surface area contributed by atoms with E-state index in [1.54, 1.807) is 0 Å². The van der Waals surface area contributed by atoms with Crippen LogP contribution in [0, 0.1) is 5.41 Å². The van der Waals surface area contributed by atoms with Crippen molar-refractivity contribution >= 4 is 5.97 Å². The summed E-state index contributed by atoms with van der Waals surface area (Å²) in [5.41, 5.74) is -0.574. The maximum Gasteiger partial charge on any atom is 0.309 e. The van der Waals surface area contributed by atoms with E-state index in [1.165, 1.54) is 19.5 Å². The van der Waals surface area contributed by atoms with Crippen LogP contribution in [0.5, 0.6) is 0 Å². The van der Waals surface area contributed by atoms with Crippen LogP contribution in [-0.2, 0) is 4.79 Å². The van der Waals surface area contributed by atoms with Crippen molar-refractivity contribution in [1.29, 1.82) is 0 Å². The molecular weight excluding hydrogens is 252 g/mol. The predicted octanol–water partition coefficient (Wildman–Crippen LogP) is 2.68. The minimum absolute atomic E-state index is 0.574. The zero-order valence-corrected chi connectivity index (χ0v) is 13.7. The fourth-order valence-corrected chi connectivity index (χ4v) is 2.70. The lowest BCUT2D eigenvalue weighted by Gasteiger charge is -2.37. The Morgan fingerprint density at radius 3 is 2.30 bits per heavy atom. The molecule has 4 heteroatoms. The first kappa shape index (κ1) is 17.4. The number of nitrogens with zero attached hydrogens (tertiary/aromatic N) is 2. The first-order valence-corrected chi connectivity index (χ1v) is 8.06. The number of piperazine rings is 1. The molecule has 0 spiro atoms. The number of hydrogen-bond donors (Lipinski definition) is 1. The third-order valence-electron chi connectivity index (χ3n) is 4.73. The fraction of sp³-hybridized carbons (Fsp3) is 0.938. The molecule has 1 saturated heterocycles. The second-order valence-corrected chi connectivity index (χ2v) is 6.78. The lowest BCUT2D eigenvalue weighted by Crippen LogP contribution is -2.49. The summed E-state index contributed by atoms with van der Waals surface area (Å²) in [6.45, 7) is 14.0. The highest BCUT2D eigenvalue weighted by molar-refractivity contribution is 5.73. The first-order valence-electron chi connectivity index (χ1n) is 8.06. The monoisotopic (exact) mass is 284 g/mol. The summed E-state index contributed by atoms with van der Waals surface area (Å²) in [6, 6.07) is 0.702. The van der Waals surface area contributed by atoms with Crippen molar-refractivity contribution in [3.63, 3.8) is 0 Å². The zero-order chi connectivity index (χ0) is 15.2. The van der Waals surface area contributed by atoms with Gasteiger partial charge in [-0.25, -0.2) is 0 Å². The molecule has 1 atom stereocenters. The minimum atomic E-state index is -0.681. The number of unbranched alkanes of at least 4 members (excludes halogenated alkanes) is 1. The van der Waals surface area contributed by atoms with Gasteiger partial charge in [0.1, 0.15) is 0 Å². The summed E-state index contributed by atoms with van der Waals surface area (Å²) in [4.78, 5) is 16.1. The highest BCUT2D eigenvalue weighted by Gasteiger charge is 2.26. The van der Waals surface area contributed by atoms with E-state index in [-0.39, 0.29) is 0 Å². The molecule has 0 amide bonds. The summed E-state index contributed by atoms with van der Waals surface area (Å²) in [7, 11) is 0.